The van der Waals surface area contributed by atoms with Gasteiger partial charge in [-0.3, -0.25) is 4.79 Å². The van der Waals surface area contributed by atoms with Crippen LogP contribution in [0.15, 0.2) is 12.2 Å². The van der Waals surface area contributed by atoms with Gasteiger partial charge in [-0.2, -0.15) is 0 Å². The van der Waals surface area contributed by atoms with E-state index in [0.717, 1.165) is 0 Å². The van der Waals surface area contributed by atoms with Crippen molar-refractivity contribution in [1.82, 2.24) is 0 Å². The third kappa shape index (κ3) is 2.05. The molecular formula is C8H12O3. The highest BCUT2D eigenvalue weighted by Gasteiger charge is 2.22. The molecule has 11 heavy (non-hydrogen) atoms. The summed E-state index contributed by atoms with van der Waals surface area (Å²) >= 11 is 0. The molecule has 2 atom stereocenters. The van der Waals surface area contributed by atoms with Crippen LogP contribution in [0.2, 0.25) is 0 Å². The Morgan fingerprint density at radius 3 is 3.00 bits per heavy atom. The van der Waals surface area contributed by atoms with Crippen molar-refractivity contribution in [2.75, 3.05) is 7.11 Å². The standard InChI is InChI=1S/C8H12O3/c1-11-7-4-2-3-6(5-7)8(9)10/h2,4,6-7H,3,5H2,1H3,(H,9,10)/i2+1,3+1,4+1,5+1,6+1,7+1. The van der Waals surface area contributed by atoms with E-state index in [1.165, 1.54) is 0 Å². The molecule has 0 radical (unpaired) electrons. The molecular weight excluding hydrogens is 150 g/mol. The fourth-order valence-corrected chi connectivity index (χ4v) is 1.23. The molecule has 1 aliphatic rings. The molecule has 0 bridgehead atoms. The molecule has 1 N–H and O–H groups in total. The van der Waals surface area contributed by atoms with E-state index in [-0.39, 0.29) is 12.0 Å². The van der Waals surface area contributed by atoms with Crippen molar-refractivity contribution in [3.8, 4) is 0 Å². The molecule has 0 aromatic heterocycles. The predicted octanol–water partition coefficient (Wildman–Crippen LogP) is 1.05. The van der Waals surface area contributed by atoms with Crippen LogP contribution in [-0.2, 0) is 9.53 Å². The van der Waals surface area contributed by atoms with Gasteiger partial charge in [-0.25, -0.2) is 0 Å². The lowest BCUT2D eigenvalue weighted by Crippen LogP contribution is -2.23. The molecule has 0 saturated heterocycles. The number of carboxylic acid groups (broad SMARTS) is 1. The summed E-state index contributed by atoms with van der Waals surface area (Å²) in [6.07, 6.45) is 5.01. The normalized spacial score (nSPS) is 30.3. The topological polar surface area (TPSA) is 46.5 Å². The predicted molar refractivity (Wildman–Crippen MR) is 40.3 cm³/mol. The fraction of sp³-hybridized carbons (Fsp3) is 0.625. The summed E-state index contributed by atoms with van der Waals surface area (Å²) in [4.78, 5) is 10.5. The molecule has 1 rings (SSSR count). The monoisotopic (exact) mass is 162 g/mol. The van der Waals surface area contributed by atoms with Crippen molar-refractivity contribution in [2.45, 2.75) is 18.9 Å². The quantitative estimate of drug-likeness (QED) is 0.487. The fourth-order valence-electron chi connectivity index (χ4n) is 1.23. The highest BCUT2D eigenvalue weighted by Crippen LogP contribution is 2.20. The van der Waals surface area contributed by atoms with Crippen LogP contribution >= 0.6 is 0 Å². The van der Waals surface area contributed by atoms with Crippen molar-refractivity contribution < 1.29 is 14.6 Å². The Morgan fingerprint density at radius 1 is 1.73 bits per heavy atom. The van der Waals surface area contributed by atoms with E-state index in [0.29, 0.717) is 12.8 Å². The molecule has 2 unspecified atom stereocenters. The van der Waals surface area contributed by atoms with E-state index >= 15 is 0 Å². The maximum atomic E-state index is 10.5. The first-order chi connectivity index (χ1) is 5.24. The van der Waals surface area contributed by atoms with E-state index in [9.17, 15) is 4.79 Å². The van der Waals surface area contributed by atoms with Gasteiger partial charge in [0, 0.05) is 7.11 Å². The molecule has 0 amide bonds. The summed E-state index contributed by atoms with van der Waals surface area (Å²) in [6.45, 7) is 0. The zero-order chi connectivity index (χ0) is 8.27. The Labute approximate surface area is 65.7 Å². The second kappa shape index (κ2) is 3.53. The molecule has 3 nitrogen and oxygen atoms in total. The average molecular weight is 162 g/mol. The minimum absolute atomic E-state index is 0.00940. The third-order valence-corrected chi connectivity index (χ3v) is 1.94. The first-order valence-electron chi connectivity index (χ1n) is 3.66. The number of methoxy groups -OCH3 is 1. The van der Waals surface area contributed by atoms with Gasteiger partial charge in [0.05, 0.1) is 12.0 Å². The SMILES string of the molecule is CO[13CH]1[13CH]=[13CH][13CH2][13CH](C(=O)O)[13CH2]1. The Balaban J connectivity index is 2.51. The second-order valence-electron chi connectivity index (χ2n) is 2.71. The largest absolute Gasteiger partial charge is 0.481 e. The molecule has 0 heterocycles. The van der Waals surface area contributed by atoms with Crippen molar-refractivity contribution in [1.29, 1.82) is 0 Å². The van der Waals surface area contributed by atoms with E-state index in [1.54, 1.807) is 7.11 Å². The molecule has 62 valence electrons. The summed E-state index contributed by atoms with van der Waals surface area (Å²) in [6, 6.07) is 0. The number of ether oxygens (including phenoxy) is 1. The molecule has 0 aromatic carbocycles. The van der Waals surface area contributed by atoms with Crippen LogP contribution in [0, 0.1) is 5.92 Å². The van der Waals surface area contributed by atoms with E-state index in [4.69, 9.17) is 9.84 Å². The number of aliphatic carboxylic acids is 1. The zero-order valence-electron chi connectivity index (χ0n) is 6.49. The lowest BCUT2D eigenvalue weighted by molar-refractivity contribution is -0.142. The van der Waals surface area contributed by atoms with Crippen LogP contribution in [0.3, 0.4) is 0 Å². The van der Waals surface area contributed by atoms with Gasteiger partial charge in [0.25, 0.3) is 0 Å². The molecule has 1 aliphatic carbocycles. The van der Waals surface area contributed by atoms with Crippen LogP contribution < -0.4 is 0 Å². The minimum atomic E-state index is -0.726. The molecule has 3 heteroatoms. The maximum absolute atomic E-state index is 10.5. The van der Waals surface area contributed by atoms with Crippen molar-refractivity contribution in [2.24, 2.45) is 5.92 Å². The number of hydrogen-bond donors (Lipinski definition) is 1. The van der Waals surface area contributed by atoms with Crippen molar-refractivity contribution >= 4 is 5.97 Å². The van der Waals surface area contributed by atoms with Crippen molar-refractivity contribution in [3.63, 3.8) is 0 Å². The van der Waals surface area contributed by atoms with Gasteiger partial charge in [-0.05, 0) is 12.8 Å². The van der Waals surface area contributed by atoms with Crippen LogP contribution in [0.25, 0.3) is 0 Å². The van der Waals surface area contributed by atoms with Gasteiger partial charge in [0.2, 0.25) is 0 Å². The number of carboxylic acids is 1. The average Bonchev–Trinajstić information content (AvgIpc) is 2.05. The number of hydrogen-bond acceptors (Lipinski definition) is 2. The van der Waals surface area contributed by atoms with E-state index in [1.807, 2.05) is 12.2 Å². The lowest BCUT2D eigenvalue weighted by Gasteiger charge is -2.19. The molecule has 0 fully saturated rings. The lowest BCUT2D eigenvalue weighted by atomic mass is 10.7. The molecule has 0 aliphatic heterocycles. The Kier molecular flexibility index (Phi) is 2.65. The van der Waals surface area contributed by atoms with Gasteiger partial charge in [0.15, 0.2) is 0 Å². The van der Waals surface area contributed by atoms with Crippen LogP contribution in [0.4, 0.5) is 0 Å². The first kappa shape index (κ1) is 8.27. The first-order valence-corrected chi connectivity index (χ1v) is 3.66. The summed E-state index contributed by atoms with van der Waals surface area (Å²) < 4.78 is 5.02. The number of carbonyl (C=O) groups is 1. The van der Waals surface area contributed by atoms with Gasteiger partial charge < -0.3 is 9.84 Å². The Morgan fingerprint density at radius 2 is 2.45 bits per heavy atom. The highest BCUT2D eigenvalue weighted by molar-refractivity contribution is 5.70. The molecule has 0 aromatic rings. The minimum Gasteiger partial charge on any atom is -0.481 e. The maximum Gasteiger partial charge on any atom is 0.306 e. The van der Waals surface area contributed by atoms with E-state index < -0.39 is 5.97 Å². The molecule has 0 saturated carbocycles. The Bertz CT molecular complexity index is 174. The van der Waals surface area contributed by atoms with Gasteiger partial charge >= 0.3 is 5.97 Å². The Hall–Kier alpha value is -0.830. The second-order valence-corrected chi connectivity index (χ2v) is 2.71. The van der Waals surface area contributed by atoms with Gasteiger partial charge in [-0.1, -0.05) is 12.2 Å². The summed E-state index contributed by atoms with van der Waals surface area (Å²) in [5.74, 6) is -0.985. The van der Waals surface area contributed by atoms with Gasteiger partial charge in [-0.15, -0.1) is 0 Å². The van der Waals surface area contributed by atoms with Crippen LogP contribution in [0.1, 0.15) is 12.8 Å². The summed E-state index contributed by atoms with van der Waals surface area (Å²) in [7, 11) is 1.60. The third-order valence-electron chi connectivity index (χ3n) is 1.94. The smallest absolute Gasteiger partial charge is 0.306 e. The number of rotatable bonds is 2. The van der Waals surface area contributed by atoms with Crippen molar-refractivity contribution in [3.05, 3.63) is 12.2 Å². The van der Waals surface area contributed by atoms with Crippen LogP contribution in [0.5, 0.6) is 0 Å². The number of allylic oxidation sites excluding steroid dienone is 1. The molecule has 0 spiro atoms. The van der Waals surface area contributed by atoms with Crippen LogP contribution in [-0.4, -0.2) is 24.3 Å². The zero-order valence-corrected chi connectivity index (χ0v) is 6.49. The summed E-state index contributed by atoms with van der Waals surface area (Å²) in [5, 5.41) is 8.66. The van der Waals surface area contributed by atoms with Gasteiger partial charge in [0.1, 0.15) is 0 Å². The van der Waals surface area contributed by atoms with E-state index in [2.05, 4.69) is 0 Å². The highest BCUT2D eigenvalue weighted by atomic mass is 16.6. The summed E-state index contributed by atoms with van der Waals surface area (Å²) in [5.41, 5.74) is 0.